The maximum absolute atomic E-state index is 14.5. The van der Waals surface area contributed by atoms with E-state index in [1.165, 1.54) is 10.5 Å². The molecule has 4 N–H and O–H groups in total. The number of hydrogen-bond acceptors (Lipinski definition) is 12. The number of aryl methyl sites for hydroxylation is 2. The van der Waals surface area contributed by atoms with Gasteiger partial charge in [-0.1, -0.05) is 82.3 Å². The molecule has 4 heterocycles. The zero-order valence-electron chi connectivity index (χ0n) is 43.8. The lowest BCUT2D eigenvalue weighted by Crippen LogP contribution is -2.74. The van der Waals surface area contributed by atoms with Crippen molar-refractivity contribution in [3.8, 4) is 22.3 Å². The molecular formula is C57H73ClN8O6S. The van der Waals surface area contributed by atoms with Crippen LogP contribution in [0.15, 0.2) is 84.5 Å². The van der Waals surface area contributed by atoms with Crippen molar-refractivity contribution in [1.29, 1.82) is 5.26 Å². The molecule has 1 aromatic heterocycles. The number of aromatic nitrogens is 1. The van der Waals surface area contributed by atoms with Gasteiger partial charge in [-0.3, -0.25) is 24.2 Å². The number of benzene rings is 3. The Balaban J connectivity index is 0.799. The number of nitrogens with one attached hydrogen (secondary N) is 3. The summed E-state index contributed by atoms with van der Waals surface area (Å²) in [5.74, 6) is -0.145. The van der Waals surface area contributed by atoms with Crippen LogP contribution in [0.3, 0.4) is 0 Å². The van der Waals surface area contributed by atoms with Gasteiger partial charge in [0.2, 0.25) is 11.8 Å². The first-order valence-corrected chi connectivity index (χ1v) is 26.9. The highest BCUT2D eigenvalue weighted by molar-refractivity contribution is 7.13. The number of carbonyl (C=O) groups excluding carboxylic acids is 3. The number of amides is 3. The Bertz CT molecular complexity index is 2670. The van der Waals surface area contributed by atoms with Gasteiger partial charge in [0.25, 0.3) is 5.91 Å². The van der Waals surface area contributed by atoms with Crippen molar-refractivity contribution in [2.75, 3.05) is 39.8 Å². The predicted octanol–water partition coefficient (Wildman–Crippen LogP) is 8.07. The quantitative estimate of drug-likeness (QED) is 0.0716. The molecule has 3 unspecified atom stereocenters. The molecule has 1 saturated carbocycles. The van der Waals surface area contributed by atoms with Gasteiger partial charge in [0.05, 0.1) is 44.4 Å². The van der Waals surface area contributed by atoms with Crippen molar-refractivity contribution in [1.82, 2.24) is 35.6 Å². The molecule has 3 saturated heterocycles. The zero-order valence-corrected chi connectivity index (χ0v) is 45.4. The third-order valence-corrected chi connectivity index (χ3v) is 17.4. The monoisotopic (exact) mass is 1030 g/mol. The Labute approximate surface area is 440 Å². The standard InChI is InChI=1S/C57H73ClN8O6S/c1-34(61-49(57(8,9)71-10)52(70)66-32-44(67)26-47(66)51(69)62-35(2)38-17-19-39(20-18-38)48-36(3)60-33-73-48)29-64-30-42-22-23-43(31-64)65(42)25-11-12-37-13-15-40(16-14-37)50(68)63-53-55(4,5)54(56(53,6)7)72-45-24-21-41(28-59)46(58)27-45/h13-21,24,27,33,35,42-44,47,49,53-54,61,67H,1,11-12,22-23,25-26,29-32H2,2-10H3,(H,62,69)(H,63,68)/t35-,42?,43?,44+,47-,49?,53?,54?/m0/s1. The minimum atomic E-state index is -0.958. The van der Waals surface area contributed by atoms with Crippen LogP contribution in [0, 0.1) is 29.1 Å². The normalized spacial score (nSPS) is 24.2. The second kappa shape index (κ2) is 21.9. The van der Waals surface area contributed by atoms with Gasteiger partial charge >= 0.3 is 0 Å². The average molecular weight is 1030 g/mol. The molecule has 4 aromatic rings. The van der Waals surface area contributed by atoms with Crippen LogP contribution >= 0.6 is 22.9 Å². The van der Waals surface area contributed by atoms with Gasteiger partial charge in [-0.05, 0) is 101 Å². The number of nitriles is 1. The molecule has 3 aromatic carbocycles. The number of likely N-dealkylation sites (tertiary alicyclic amines) is 2. The number of piperazine rings is 1. The van der Waals surface area contributed by atoms with Crippen LogP contribution in [0.25, 0.3) is 10.4 Å². The molecule has 3 amide bonds. The van der Waals surface area contributed by atoms with Crippen molar-refractivity contribution >= 4 is 40.7 Å². The molecule has 1 aliphatic carbocycles. The van der Waals surface area contributed by atoms with Gasteiger partial charge in [-0.15, -0.1) is 11.3 Å². The summed E-state index contributed by atoms with van der Waals surface area (Å²) >= 11 is 7.87. The van der Waals surface area contributed by atoms with E-state index < -0.39 is 23.8 Å². The SMILES string of the molecule is C=C(CN1CC2CCC(C1)N2CCCc1ccc(C(=O)NC2C(C)(C)C(Oc3ccc(C#N)c(Cl)c3)C2(C)C)cc1)NC(C(=O)N1C[C@H](O)C[C@H]1C(=O)N[C@@H](C)c1ccc(-c2scnc2C)cc1)C(C)(C)OC. The fourth-order valence-electron chi connectivity index (χ4n) is 12.2. The summed E-state index contributed by atoms with van der Waals surface area (Å²) in [6.45, 7) is 23.8. The number of methoxy groups -OCH3 is 1. The van der Waals surface area contributed by atoms with Crippen molar-refractivity contribution in [3.63, 3.8) is 0 Å². The van der Waals surface area contributed by atoms with E-state index in [1.54, 1.807) is 36.6 Å². The van der Waals surface area contributed by atoms with Crippen molar-refractivity contribution in [2.24, 2.45) is 10.8 Å². The highest BCUT2D eigenvalue weighted by atomic mass is 35.5. The molecule has 6 atom stereocenters. The number of thiazole rings is 1. The predicted molar refractivity (Wildman–Crippen MR) is 286 cm³/mol. The molecule has 16 heteroatoms. The molecule has 0 radical (unpaired) electrons. The van der Waals surface area contributed by atoms with Gasteiger partial charge in [-0.25, -0.2) is 4.98 Å². The molecule has 14 nitrogen and oxygen atoms in total. The summed E-state index contributed by atoms with van der Waals surface area (Å²) in [5.41, 5.74) is 6.06. The van der Waals surface area contributed by atoms with Crippen molar-refractivity contribution in [2.45, 2.75) is 142 Å². The third-order valence-electron chi connectivity index (χ3n) is 16.1. The van der Waals surface area contributed by atoms with Gasteiger partial charge in [0, 0.05) is 86.0 Å². The smallest absolute Gasteiger partial charge is 0.251 e. The molecule has 2 bridgehead atoms. The molecule has 4 aliphatic rings. The Morgan fingerprint density at radius 2 is 1.67 bits per heavy atom. The highest BCUT2D eigenvalue weighted by Crippen LogP contribution is 2.55. The Morgan fingerprint density at radius 3 is 2.27 bits per heavy atom. The molecule has 390 valence electrons. The van der Waals surface area contributed by atoms with Crippen LogP contribution in [-0.2, 0) is 20.7 Å². The summed E-state index contributed by atoms with van der Waals surface area (Å²) < 4.78 is 12.3. The van der Waals surface area contributed by atoms with Gasteiger partial charge in [0.15, 0.2) is 0 Å². The molecule has 0 spiro atoms. The fraction of sp³-hybridized carbons (Fsp3) is 0.526. The largest absolute Gasteiger partial charge is 0.489 e. The first-order chi connectivity index (χ1) is 34.6. The summed E-state index contributed by atoms with van der Waals surface area (Å²) in [5, 5.41) is 30.3. The number of halogens is 1. The van der Waals surface area contributed by atoms with E-state index in [0.717, 1.165) is 67.0 Å². The zero-order chi connectivity index (χ0) is 52.6. The summed E-state index contributed by atoms with van der Waals surface area (Å²) in [4.78, 5) is 54.1. The van der Waals surface area contributed by atoms with Crippen LogP contribution in [0.1, 0.15) is 113 Å². The number of β-amino-alcohol motifs (C(OH)–C–C–N with tert-alkyl or cyclic N) is 1. The van der Waals surface area contributed by atoms with E-state index in [9.17, 15) is 24.8 Å². The number of hydrogen-bond donors (Lipinski definition) is 4. The molecule has 4 fully saturated rings. The van der Waals surface area contributed by atoms with E-state index in [1.807, 2.05) is 69.6 Å². The molecule has 73 heavy (non-hydrogen) atoms. The second-order valence-corrected chi connectivity index (χ2v) is 23.7. The maximum Gasteiger partial charge on any atom is 0.251 e. The average Bonchev–Trinajstić information content (AvgIpc) is 4.04. The number of ether oxygens (including phenoxy) is 2. The van der Waals surface area contributed by atoms with Crippen LogP contribution in [0.2, 0.25) is 5.02 Å². The Morgan fingerprint density at radius 1 is 1.00 bits per heavy atom. The third kappa shape index (κ3) is 11.5. The molecular weight excluding hydrogens is 960 g/mol. The second-order valence-electron chi connectivity index (χ2n) is 22.4. The summed E-state index contributed by atoms with van der Waals surface area (Å²) in [6.07, 6.45) is 3.29. The van der Waals surface area contributed by atoms with Crippen molar-refractivity contribution in [3.05, 3.63) is 117 Å². The number of fused-ring (bicyclic) bond motifs is 2. The number of carbonyl (C=O) groups is 3. The minimum Gasteiger partial charge on any atom is -0.489 e. The van der Waals surface area contributed by atoms with Crippen LogP contribution in [0.5, 0.6) is 5.75 Å². The minimum absolute atomic E-state index is 0.0440. The molecule has 3 aliphatic heterocycles. The number of nitrogens with zero attached hydrogens (tertiary/aromatic N) is 5. The number of aliphatic hydroxyl groups excluding tert-OH is 1. The summed E-state index contributed by atoms with van der Waals surface area (Å²) in [6, 6.07) is 21.9. The Kier molecular flexibility index (Phi) is 16.2. The van der Waals surface area contributed by atoms with Crippen LogP contribution in [-0.4, -0.2) is 130 Å². The van der Waals surface area contributed by atoms with Crippen LogP contribution < -0.4 is 20.7 Å². The van der Waals surface area contributed by atoms with Crippen molar-refractivity contribution < 1.29 is 29.0 Å². The molecule has 8 rings (SSSR count). The topological polar surface area (TPSA) is 172 Å². The van der Waals surface area contributed by atoms with Crippen LogP contribution in [0.4, 0.5) is 0 Å². The first-order valence-electron chi connectivity index (χ1n) is 25.6. The fourth-order valence-corrected chi connectivity index (χ4v) is 13.2. The number of rotatable bonds is 19. The lowest BCUT2D eigenvalue weighted by atomic mass is 9.49. The summed E-state index contributed by atoms with van der Waals surface area (Å²) in [7, 11) is 1.57. The lowest BCUT2D eigenvalue weighted by molar-refractivity contribution is -0.164. The van der Waals surface area contributed by atoms with E-state index >= 15 is 0 Å². The van der Waals surface area contributed by atoms with E-state index in [0.29, 0.717) is 46.2 Å². The van der Waals surface area contributed by atoms with E-state index in [4.69, 9.17) is 21.1 Å². The van der Waals surface area contributed by atoms with Gasteiger partial charge in [0.1, 0.15) is 30.0 Å². The van der Waals surface area contributed by atoms with Gasteiger partial charge in [-0.2, -0.15) is 5.26 Å². The first kappa shape index (κ1) is 53.9. The Hall–Kier alpha value is -5.34. The number of aliphatic hydroxyl groups is 1. The van der Waals surface area contributed by atoms with E-state index in [-0.39, 0.29) is 59.7 Å². The van der Waals surface area contributed by atoms with Gasteiger partial charge < -0.3 is 35.4 Å². The highest BCUT2D eigenvalue weighted by Gasteiger charge is 2.64. The van der Waals surface area contributed by atoms with E-state index in [2.05, 4.69) is 83.2 Å². The lowest BCUT2D eigenvalue weighted by Gasteiger charge is -2.63. The maximum atomic E-state index is 14.5.